The number of carbonyl (C=O) groups is 2. The number of nitrogens with zero attached hydrogens (tertiary/aromatic N) is 2. The largest absolute Gasteiger partial charge is 0.270 e. The molecule has 2 amide bonds. The van der Waals surface area contributed by atoms with Crippen molar-refractivity contribution in [2.45, 2.75) is 6.92 Å². The van der Waals surface area contributed by atoms with E-state index in [2.05, 4.69) is 0 Å². The highest BCUT2D eigenvalue weighted by molar-refractivity contribution is 6.36. The highest BCUT2D eigenvalue weighted by atomic mass is 16.6. The normalized spacial score (nSPS) is 13.4. The molecule has 0 aromatic heterocycles. The molecule has 6 nitrogen and oxygen atoms in total. The van der Waals surface area contributed by atoms with Gasteiger partial charge in [0, 0.05) is 23.1 Å². The molecule has 0 N–H and O–H groups in total. The maximum atomic E-state index is 13.0. The quantitative estimate of drug-likeness (QED) is 0.405. The van der Waals surface area contributed by atoms with E-state index in [-0.39, 0.29) is 11.3 Å². The second-order valence-electron chi connectivity index (χ2n) is 5.94. The van der Waals surface area contributed by atoms with Gasteiger partial charge in [-0.2, -0.15) is 0 Å². The summed E-state index contributed by atoms with van der Waals surface area (Å²) in [6.07, 6.45) is 0. The summed E-state index contributed by atoms with van der Waals surface area (Å²) in [6, 6.07) is 14.6. The standard InChI is InChI=1S/C19H12N2O4/c1-11-4-2-6-13(8-11)20-18(22)15-7-3-5-12-9-14(21(24)25)10-16(17(12)15)19(20)23/h2-10H,1H3. The number of hydrogen-bond donors (Lipinski definition) is 0. The molecule has 1 aliphatic rings. The van der Waals surface area contributed by atoms with Crippen LogP contribution in [0.5, 0.6) is 0 Å². The van der Waals surface area contributed by atoms with Crippen LogP contribution in [0, 0.1) is 17.0 Å². The Bertz CT molecular complexity index is 1090. The second-order valence-corrected chi connectivity index (χ2v) is 5.94. The van der Waals surface area contributed by atoms with Crippen molar-refractivity contribution in [3.05, 3.63) is 81.4 Å². The molecule has 0 spiro atoms. The third-order valence-electron chi connectivity index (χ3n) is 4.30. The molecule has 122 valence electrons. The minimum absolute atomic E-state index is 0.168. The Balaban J connectivity index is 2.02. The van der Waals surface area contributed by atoms with Crippen LogP contribution in [0.25, 0.3) is 10.8 Å². The molecular formula is C19H12N2O4. The van der Waals surface area contributed by atoms with Gasteiger partial charge in [-0.1, -0.05) is 24.3 Å². The Kier molecular flexibility index (Phi) is 3.15. The van der Waals surface area contributed by atoms with Gasteiger partial charge in [0.05, 0.1) is 16.2 Å². The van der Waals surface area contributed by atoms with Gasteiger partial charge in [0.1, 0.15) is 0 Å². The van der Waals surface area contributed by atoms with E-state index in [9.17, 15) is 19.7 Å². The van der Waals surface area contributed by atoms with Crippen LogP contribution in [-0.4, -0.2) is 16.7 Å². The number of amides is 2. The van der Waals surface area contributed by atoms with Gasteiger partial charge in [0.15, 0.2) is 0 Å². The van der Waals surface area contributed by atoms with Crippen LogP contribution in [-0.2, 0) is 0 Å². The van der Waals surface area contributed by atoms with E-state index in [0.29, 0.717) is 22.0 Å². The van der Waals surface area contributed by atoms with Gasteiger partial charge in [-0.25, -0.2) is 4.90 Å². The van der Waals surface area contributed by atoms with Gasteiger partial charge >= 0.3 is 0 Å². The summed E-state index contributed by atoms with van der Waals surface area (Å²) in [5, 5.41) is 12.2. The second kappa shape index (κ2) is 5.24. The third-order valence-corrected chi connectivity index (χ3v) is 4.30. The Morgan fingerprint density at radius 3 is 2.36 bits per heavy atom. The van der Waals surface area contributed by atoms with Gasteiger partial charge in [-0.15, -0.1) is 0 Å². The lowest BCUT2D eigenvalue weighted by Gasteiger charge is -2.27. The first-order chi connectivity index (χ1) is 12.0. The van der Waals surface area contributed by atoms with Gasteiger partial charge in [-0.05, 0) is 36.1 Å². The summed E-state index contributed by atoms with van der Waals surface area (Å²) < 4.78 is 0. The molecule has 0 fully saturated rings. The Morgan fingerprint density at radius 2 is 1.64 bits per heavy atom. The molecule has 6 heteroatoms. The van der Waals surface area contributed by atoms with Crippen LogP contribution >= 0.6 is 0 Å². The summed E-state index contributed by atoms with van der Waals surface area (Å²) in [5.41, 5.74) is 1.71. The van der Waals surface area contributed by atoms with Crippen LogP contribution in [0.15, 0.2) is 54.6 Å². The van der Waals surface area contributed by atoms with Crippen molar-refractivity contribution in [3.63, 3.8) is 0 Å². The van der Waals surface area contributed by atoms with Crippen molar-refractivity contribution < 1.29 is 14.5 Å². The number of rotatable bonds is 2. The molecule has 0 saturated heterocycles. The maximum absolute atomic E-state index is 13.0. The van der Waals surface area contributed by atoms with Crippen LogP contribution in [0.1, 0.15) is 26.3 Å². The van der Waals surface area contributed by atoms with E-state index in [4.69, 9.17) is 0 Å². The molecule has 0 bridgehead atoms. The van der Waals surface area contributed by atoms with Crippen molar-refractivity contribution in [1.29, 1.82) is 0 Å². The highest BCUT2D eigenvalue weighted by Crippen LogP contribution is 2.35. The molecule has 3 aromatic rings. The molecular weight excluding hydrogens is 320 g/mol. The minimum atomic E-state index is -0.553. The molecule has 25 heavy (non-hydrogen) atoms. The summed E-state index contributed by atoms with van der Waals surface area (Å²) >= 11 is 0. The maximum Gasteiger partial charge on any atom is 0.270 e. The van der Waals surface area contributed by atoms with Crippen molar-refractivity contribution >= 4 is 34.0 Å². The topological polar surface area (TPSA) is 80.5 Å². The number of nitro groups is 1. The molecule has 0 radical (unpaired) electrons. The zero-order valence-corrected chi connectivity index (χ0v) is 13.2. The van der Waals surface area contributed by atoms with Gasteiger partial charge in [0.2, 0.25) is 0 Å². The van der Waals surface area contributed by atoms with E-state index >= 15 is 0 Å². The summed E-state index contributed by atoms with van der Waals surface area (Å²) in [5.74, 6) is -0.981. The number of benzene rings is 3. The fourth-order valence-corrected chi connectivity index (χ4v) is 3.20. The van der Waals surface area contributed by atoms with Crippen LogP contribution in [0.3, 0.4) is 0 Å². The number of carbonyl (C=O) groups excluding carboxylic acids is 2. The number of non-ortho nitro benzene ring substituents is 1. The smallest absolute Gasteiger partial charge is 0.268 e. The van der Waals surface area contributed by atoms with Gasteiger partial charge in [-0.3, -0.25) is 19.7 Å². The Morgan fingerprint density at radius 1 is 0.920 bits per heavy atom. The monoisotopic (exact) mass is 332 g/mol. The number of anilines is 1. The number of imide groups is 1. The first-order valence-corrected chi connectivity index (χ1v) is 7.64. The molecule has 1 aliphatic heterocycles. The van der Waals surface area contributed by atoms with Crippen molar-refractivity contribution in [2.24, 2.45) is 0 Å². The Labute approximate surface area is 142 Å². The van der Waals surface area contributed by atoms with E-state index < -0.39 is 16.7 Å². The van der Waals surface area contributed by atoms with Crippen LogP contribution in [0.4, 0.5) is 11.4 Å². The summed E-state index contributed by atoms with van der Waals surface area (Å²) in [6.45, 7) is 1.86. The molecule has 1 heterocycles. The molecule has 0 atom stereocenters. The average molecular weight is 332 g/mol. The van der Waals surface area contributed by atoms with Gasteiger partial charge < -0.3 is 0 Å². The number of aryl methyl sites for hydroxylation is 1. The molecule has 0 aliphatic carbocycles. The fourth-order valence-electron chi connectivity index (χ4n) is 3.20. The predicted molar refractivity (Wildman–Crippen MR) is 92.9 cm³/mol. The van der Waals surface area contributed by atoms with E-state index in [1.807, 2.05) is 13.0 Å². The van der Waals surface area contributed by atoms with Crippen LogP contribution in [0.2, 0.25) is 0 Å². The fraction of sp³-hybridized carbons (Fsp3) is 0.0526. The lowest BCUT2D eigenvalue weighted by molar-refractivity contribution is -0.384. The molecule has 4 rings (SSSR count). The van der Waals surface area contributed by atoms with Crippen LogP contribution < -0.4 is 4.90 Å². The lowest BCUT2D eigenvalue weighted by Crippen LogP contribution is -2.40. The summed E-state index contributed by atoms with van der Waals surface area (Å²) in [7, 11) is 0. The molecule has 0 unspecified atom stereocenters. The van der Waals surface area contributed by atoms with Crippen molar-refractivity contribution in [1.82, 2.24) is 0 Å². The van der Waals surface area contributed by atoms with Crippen molar-refractivity contribution in [3.8, 4) is 0 Å². The average Bonchev–Trinajstić information content (AvgIpc) is 2.59. The first-order valence-electron chi connectivity index (χ1n) is 7.64. The third kappa shape index (κ3) is 2.19. The Hall–Kier alpha value is -3.54. The first kappa shape index (κ1) is 15.0. The zero-order chi connectivity index (χ0) is 17.7. The van der Waals surface area contributed by atoms with Gasteiger partial charge in [0.25, 0.3) is 17.5 Å². The number of nitro benzene ring substituents is 1. The minimum Gasteiger partial charge on any atom is -0.268 e. The SMILES string of the molecule is Cc1cccc(N2C(=O)c3cccc4cc([N+](=O)[O-])cc(c34)C2=O)c1. The zero-order valence-electron chi connectivity index (χ0n) is 13.2. The molecule has 3 aromatic carbocycles. The molecule has 0 saturated carbocycles. The highest BCUT2D eigenvalue weighted by Gasteiger charge is 2.35. The van der Waals surface area contributed by atoms with E-state index in [0.717, 1.165) is 10.5 Å². The lowest BCUT2D eigenvalue weighted by atomic mass is 9.93. The van der Waals surface area contributed by atoms with Crippen molar-refractivity contribution in [2.75, 3.05) is 4.90 Å². The predicted octanol–water partition coefficient (Wildman–Crippen LogP) is 3.86. The number of hydrogen-bond acceptors (Lipinski definition) is 4. The van der Waals surface area contributed by atoms with E-state index in [1.54, 1.807) is 36.4 Å². The summed E-state index contributed by atoms with van der Waals surface area (Å²) in [4.78, 5) is 37.6. The van der Waals surface area contributed by atoms with E-state index in [1.165, 1.54) is 12.1 Å².